The van der Waals surface area contributed by atoms with E-state index in [1.165, 1.54) is 4.90 Å². The van der Waals surface area contributed by atoms with Crippen molar-refractivity contribution in [2.75, 3.05) is 26.2 Å². The molecule has 2 heterocycles. The molecule has 0 radical (unpaired) electrons. The van der Waals surface area contributed by atoms with Crippen molar-refractivity contribution < 1.29 is 14.4 Å². The highest BCUT2D eigenvalue weighted by Crippen LogP contribution is 2.08. The van der Waals surface area contributed by atoms with Crippen molar-refractivity contribution in [3.8, 4) is 0 Å². The summed E-state index contributed by atoms with van der Waals surface area (Å²) in [5.41, 5.74) is 1.94. The molecule has 0 spiro atoms. The number of nitrogens with zero attached hydrogens (tertiary/aromatic N) is 4. The van der Waals surface area contributed by atoms with Crippen LogP contribution < -0.4 is 5.32 Å². The zero-order chi connectivity index (χ0) is 18.6. The first kappa shape index (κ1) is 19.0. The van der Waals surface area contributed by atoms with Gasteiger partial charge in [-0.2, -0.15) is 5.10 Å². The second-order valence-corrected chi connectivity index (χ2v) is 6.75. The zero-order valence-electron chi connectivity index (χ0n) is 15.4. The summed E-state index contributed by atoms with van der Waals surface area (Å²) >= 11 is 0. The Morgan fingerprint density at radius 3 is 2.56 bits per heavy atom. The number of carbonyl (C=O) groups is 3. The van der Waals surface area contributed by atoms with Crippen molar-refractivity contribution in [3.05, 3.63) is 17.5 Å². The zero-order valence-corrected chi connectivity index (χ0v) is 15.4. The topological polar surface area (TPSA) is 87.5 Å². The lowest BCUT2D eigenvalue weighted by Crippen LogP contribution is -2.54. The molecule has 1 saturated heterocycles. The van der Waals surface area contributed by atoms with Crippen molar-refractivity contribution in [2.45, 2.75) is 46.7 Å². The number of hydrogen-bond donors (Lipinski definition) is 1. The second-order valence-electron chi connectivity index (χ2n) is 6.75. The maximum atomic E-state index is 12.3. The second kappa shape index (κ2) is 8.13. The van der Waals surface area contributed by atoms with Crippen LogP contribution in [0.5, 0.6) is 0 Å². The molecule has 0 aliphatic carbocycles. The molecular weight excluding hydrogens is 322 g/mol. The van der Waals surface area contributed by atoms with Gasteiger partial charge >= 0.3 is 0 Å². The molecular formula is C17H27N5O3. The molecule has 0 atom stereocenters. The van der Waals surface area contributed by atoms with Gasteiger partial charge in [0, 0.05) is 37.8 Å². The molecule has 2 rings (SSSR count). The van der Waals surface area contributed by atoms with E-state index >= 15 is 0 Å². The van der Waals surface area contributed by atoms with Gasteiger partial charge in [-0.1, -0.05) is 0 Å². The average molecular weight is 349 g/mol. The van der Waals surface area contributed by atoms with E-state index in [9.17, 15) is 14.4 Å². The molecule has 3 amide bonds. The number of hydrogen-bond acceptors (Lipinski definition) is 4. The van der Waals surface area contributed by atoms with Crippen LogP contribution >= 0.6 is 0 Å². The number of rotatable bonds is 6. The summed E-state index contributed by atoms with van der Waals surface area (Å²) in [6, 6.07) is 2.01. The fourth-order valence-corrected chi connectivity index (χ4v) is 2.89. The van der Waals surface area contributed by atoms with E-state index in [0.29, 0.717) is 26.1 Å². The number of aromatic nitrogens is 2. The Bertz CT molecular complexity index is 653. The monoisotopic (exact) mass is 349 g/mol. The van der Waals surface area contributed by atoms with Crippen molar-refractivity contribution in [3.63, 3.8) is 0 Å². The lowest BCUT2D eigenvalue weighted by atomic mass is 10.2. The van der Waals surface area contributed by atoms with Crippen LogP contribution in [-0.2, 0) is 20.9 Å². The largest absolute Gasteiger partial charge is 0.352 e. The molecule has 1 aromatic heterocycles. The molecule has 8 heteroatoms. The van der Waals surface area contributed by atoms with Crippen LogP contribution in [0.2, 0.25) is 0 Å². The fourth-order valence-electron chi connectivity index (χ4n) is 2.89. The number of carbonyl (C=O) groups excluding carboxylic acids is 3. The Labute approximate surface area is 148 Å². The first-order valence-electron chi connectivity index (χ1n) is 8.62. The standard InChI is InChI=1S/C17H27N5O3/c1-12(2)18-15(23)10-20-7-8-21(11-17(20)25)16(24)5-6-22-14(4)9-13(3)19-22/h9,12H,5-8,10-11H2,1-4H3,(H,18,23). The summed E-state index contributed by atoms with van der Waals surface area (Å²) < 4.78 is 1.81. The van der Waals surface area contributed by atoms with Gasteiger partial charge in [-0.3, -0.25) is 19.1 Å². The number of amides is 3. The third-order valence-electron chi connectivity index (χ3n) is 4.10. The van der Waals surface area contributed by atoms with Crippen LogP contribution in [0.25, 0.3) is 0 Å². The minimum absolute atomic E-state index is 0.0326. The third-order valence-corrected chi connectivity index (χ3v) is 4.10. The molecule has 1 aliphatic rings. The van der Waals surface area contributed by atoms with E-state index in [4.69, 9.17) is 0 Å². The van der Waals surface area contributed by atoms with Gasteiger partial charge in [0.05, 0.1) is 18.8 Å². The molecule has 0 unspecified atom stereocenters. The fraction of sp³-hybridized carbons (Fsp3) is 0.647. The number of nitrogens with one attached hydrogen (secondary N) is 1. The van der Waals surface area contributed by atoms with Gasteiger partial charge in [-0.25, -0.2) is 0 Å². The minimum atomic E-state index is -0.190. The van der Waals surface area contributed by atoms with Crippen molar-refractivity contribution in [2.24, 2.45) is 0 Å². The Morgan fingerprint density at radius 2 is 2.00 bits per heavy atom. The van der Waals surface area contributed by atoms with Crippen molar-refractivity contribution >= 4 is 17.7 Å². The van der Waals surface area contributed by atoms with Gasteiger partial charge in [0.1, 0.15) is 0 Å². The van der Waals surface area contributed by atoms with Crippen LogP contribution in [0.4, 0.5) is 0 Å². The van der Waals surface area contributed by atoms with Gasteiger partial charge < -0.3 is 15.1 Å². The van der Waals surface area contributed by atoms with E-state index in [-0.39, 0.29) is 36.9 Å². The van der Waals surface area contributed by atoms with Gasteiger partial charge in [0.25, 0.3) is 0 Å². The highest BCUT2D eigenvalue weighted by molar-refractivity contribution is 5.89. The normalized spacial score (nSPS) is 15.0. The van der Waals surface area contributed by atoms with Gasteiger partial charge in [-0.05, 0) is 33.8 Å². The summed E-state index contributed by atoms with van der Waals surface area (Å²) in [4.78, 5) is 39.4. The van der Waals surface area contributed by atoms with Crippen molar-refractivity contribution in [1.82, 2.24) is 24.9 Å². The maximum absolute atomic E-state index is 12.3. The first-order chi connectivity index (χ1) is 11.8. The molecule has 1 aromatic rings. The third kappa shape index (κ3) is 5.30. The van der Waals surface area contributed by atoms with Crippen LogP contribution in [0.15, 0.2) is 6.07 Å². The molecule has 138 valence electrons. The SMILES string of the molecule is Cc1cc(C)n(CCC(=O)N2CCN(CC(=O)NC(C)C)C(=O)C2)n1. The molecule has 1 fully saturated rings. The molecule has 8 nitrogen and oxygen atoms in total. The van der Waals surface area contributed by atoms with Gasteiger partial charge in [-0.15, -0.1) is 0 Å². The van der Waals surface area contributed by atoms with Crippen LogP contribution in [0.3, 0.4) is 0 Å². The molecule has 0 aromatic carbocycles. The highest BCUT2D eigenvalue weighted by atomic mass is 16.2. The molecule has 1 aliphatic heterocycles. The van der Waals surface area contributed by atoms with Crippen LogP contribution in [0.1, 0.15) is 31.7 Å². The van der Waals surface area contributed by atoms with E-state index in [1.54, 1.807) is 4.90 Å². The summed E-state index contributed by atoms with van der Waals surface area (Å²) in [6.45, 7) is 9.04. The summed E-state index contributed by atoms with van der Waals surface area (Å²) in [7, 11) is 0. The summed E-state index contributed by atoms with van der Waals surface area (Å²) in [5, 5.41) is 7.10. The van der Waals surface area contributed by atoms with E-state index in [1.807, 2.05) is 38.4 Å². The smallest absolute Gasteiger partial charge is 0.242 e. The van der Waals surface area contributed by atoms with E-state index in [2.05, 4.69) is 10.4 Å². The number of aryl methyl sites for hydroxylation is 3. The van der Waals surface area contributed by atoms with Crippen molar-refractivity contribution in [1.29, 1.82) is 0 Å². The molecule has 1 N–H and O–H groups in total. The Kier molecular flexibility index (Phi) is 6.17. The van der Waals surface area contributed by atoms with Gasteiger partial charge in [0.15, 0.2) is 0 Å². The lowest BCUT2D eigenvalue weighted by Gasteiger charge is -2.34. The number of piperazine rings is 1. The Hall–Kier alpha value is -2.38. The molecule has 0 saturated carbocycles. The Morgan fingerprint density at radius 1 is 1.28 bits per heavy atom. The first-order valence-corrected chi connectivity index (χ1v) is 8.62. The average Bonchev–Trinajstić information content (AvgIpc) is 2.83. The maximum Gasteiger partial charge on any atom is 0.242 e. The summed E-state index contributed by atoms with van der Waals surface area (Å²) in [5.74, 6) is -0.426. The van der Waals surface area contributed by atoms with Gasteiger partial charge in [0.2, 0.25) is 17.7 Å². The molecule has 0 bridgehead atoms. The minimum Gasteiger partial charge on any atom is -0.352 e. The quantitative estimate of drug-likeness (QED) is 0.788. The van der Waals surface area contributed by atoms with Crippen LogP contribution in [0, 0.1) is 13.8 Å². The highest BCUT2D eigenvalue weighted by Gasteiger charge is 2.28. The molecule has 25 heavy (non-hydrogen) atoms. The lowest BCUT2D eigenvalue weighted by molar-refractivity contribution is -0.147. The predicted molar refractivity (Wildman–Crippen MR) is 92.8 cm³/mol. The summed E-state index contributed by atoms with van der Waals surface area (Å²) in [6.07, 6.45) is 0.309. The van der Waals surface area contributed by atoms with E-state index in [0.717, 1.165) is 11.4 Å². The Balaban J connectivity index is 1.81. The van der Waals surface area contributed by atoms with Crippen LogP contribution in [-0.4, -0.2) is 69.5 Å². The predicted octanol–water partition coefficient (Wildman–Crippen LogP) is 0.0854. The van der Waals surface area contributed by atoms with E-state index < -0.39 is 0 Å².